The molecular formula is C11H17N3O6. The van der Waals surface area contributed by atoms with Crippen LogP contribution in [0.2, 0.25) is 0 Å². The van der Waals surface area contributed by atoms with Crippen molar-refractivity contribution >= 4 is 5.82 Å². The lowest BCUT2D eigenvalue weighted by Gasteiger charge is -2.24. The molecule has 9 heteroatoms. The first kappa shape index (κ1) is 14.9. The first-order valence-corrected chi connectivity index (χ1v) is 6.09. The van der Waals surface area contributed by atoms with Crippen molar-refractivity contribution in [3.05, 3.63) is 22.7 Å². The van der Waals surface area contributed by atoms with Crippen molar-refractivity contribution in [2.24, 2.45) is 0 Å². The highest BCUT2D eigenvalue weighted by Gasteiger charge is 2.39. The summed E-state index contributed by atoms with van der Waals surface area (Å²) in [5, 5.41) is 38.4. The van der Waals surface area contributed by atoms with Crippen molar-refractivity contribution < 1.29 is 25.2 Å². The molecule has 0 aromatic carbocycles. The van der Waals surface area contributed by atoms with E-state index in [0.29, 0.717) is 0 Å². The molecule has 1 aliphatic heterocycles. The van der Waals surface area contributed by atoms with Gasteiger partial charge in [0.25, 0.3) is 0 Å². The van der Waals surface area contributed by atoms with Gasteiger partial charge in [-0.1, -0.05) is 0 Å². The van der Waals surface area contributed by atoms with Crippen LogP contribution >= 0.6 is 0 Å². The standard InChI is InChI=1S/C11H17N3O6/c12-7-1-2-14(11(19)13-7)8-3-5(16)9(17)10(18)6(4-15)20-8/h1-2,5-6,8-10,15-18H,3-4H2,(H2,12,13,19)/t5-,6+,8-,9-,10+/m0/s1. The van der Waals surface area contributed by atoms with Crippen LogP contribution in [0, 0.1) is 0 Å². The van der Waals surface area contributed by atoms with E-state index in [0.717, 1.165) is 4.57 Å². The molecule has 9 nitrogen and oxygen atoms in total. The normalized spacial score (nSPS) is 34.7. The molecule has 5 atom stereocenters. The van der Waals surface area contributed by atoms with E-state index in [1.54, 1.807) is 0 Å². The molecule has 2 heterocycles. The lowest BCUT2D eigenvalue weighted by atomic mass is 10.0. The van der Waals surface area contributed by atoms with E-state index in [-0.39, 0.29) is 12.2 Å². The average Bonchev–Trinajstić information content (AvgIpc) is 2.51. The van der Waals surface area contributed by atoms with Crippen molar-refractivity contribution in [3.8, 4) is 0 Å². The Balaban J connectivity index is 2.33. The monoisotopic (exact) mass is 287 g/mol. The van der Waals surface area contributed by atoms with E-state index in [1.165, 1.54) is 12.3 Å². The van der Waals surface area contributed by atoms with Gasteiger partial charge in [-0.3, -0.25) is 4.57 Å². The quantitative estimate of drug-likeness (QED) is 0.391. The molecule has 2 rings (SSSR count). The van der Waals surface area contributed by atoms with E-state index in [9.17, 15) is 20.1 Å². The van der Waals surface area contributed by atoms with Gasteiger partial charge in [0, 0.05) is 12.6 Å². The Morgan fingerprint density at radius 3 is 2.70 bits per heavy atom. The largest absolute Gasteiger partial charge is 0.394 e. The molecule has 1 aromatic rings. The third-order valence-corrected chi connectivity index (χ3v) is 3.24. The number of aliphatic hydroxyl groups is 4. The third-order valence-electron chi connectivity index (χ3n) is 3.24. The minimum absolute atomic E-state index is 0.0409. The molecule has 0 unspecified atom stereocenters. The molecule has 6 N–H and O–H groups in total. The first-order valence-electron chi connectivity index (χ1n) is 6.09. The van der Waals surface area contributed by atoms with Gasteiger partial charge in [0.15, 0.2) is 0 Å². The minimum Gasteiger partial charge on any atom is -0.394 e. The molecule has 0 aliphatic carbocycles. The molecule has 0 spiro atoms. The summed E-state index contributed by atoms with van der Waals surface area (Å²) in [6, 6.07) is 1.38. The topological polar surface area (TPSA) is 151 Å². The predicted octanol–water partition coefficient (Wildman–Crippen LogP) is -2.81. The SMILES string of the molecule is Nc1ccn([C@@H]2C[C@H](O)[C@H](O)[C@H](O)[C@@H](CO)O2)c(=O)n1. The molecular weight excluding hydrogens is 270 g/mol. The van der Waals surface area contributed by atoms with Crippen LogP contribution < -0.4 is 11.4 Å². The summed E-state index contributed by atoms with van der Waals surface area (Å²) in [6.45, 7) is -0.571. The van der Waals surface area contributed by atoms with Crippen molar-refractivity contribution in [3.63, 3.8) is 0 Å². The molecule has 0 amide bonds. The molecule has 0 radical (unpaired) electrons. The molecule has 1 aromatic heterocycles. The van der Waals surface area contributed by atoms with Crippen LogP contribution in [0.5, 0.6) is 0 Å². The van der Waals surface area contributed by atoms with Gasteiger partial charge < -0.3 is 30.9 Å². The molecule has 20 heavy (non-hydrogen) atoms. The number of anilines is 1. The van der Waals surface area contributed by atoms with Crippen LogP contribution in [0.15, 0.2) is 17.1 Å². The average molecular weight is 287 g/mol. The van der Waals surface area contributed by atoms with E-state index >= 15 is 0 Å². The number of aromatic nitrogens is 2. The minimum atomic E-state index is -1.48. The van der Waals surface area contributed by atoms with Gasteiger partial charge in [0.05, 0.1) is 12.7 Å². The van der Waals surface area contributed by atoms with Gasteiger partial charge in [-0.25, -0.2) is 4.79 Å². The first-order chi connectivity index (χ1) is 9.43. The summed E-state index contributed by atoms with van der Waals surface area (Å²) in [4.78, 5) is 15.3. The Kier molecular flexibility index (Phi) is 4.35. The Hall–Kier alpha value is -1.52. The molecule has 1 fully saturated rings. The second-order valence-electron chi connectivity index (χ2n) is 4.64. The van der Waals surface area contributed by atoms with Gasteiger partial charge in [-0.2, -0.15) is 4.98 Å². The molecule has 1 saturated heterocycles. The summed E-state index contributed by atoms with van der Waals surface area (Å²) in [6.07, 6.45) is -5.16. The lowest BCUT2D eigenvalue weighted by molar-refractivity contribution is -0.132. The summed E-state index contributed by atoms with van der Waals surface area (Å²) < 4.78 is 6.46. The van der Waals surface area contributed by atoms with Gasteiger partial charge in [0.2, 0.25) is 0 Å². The van der Waals surface area contributed by atoms with Gasteiger partial charge in [-0.15, -0.1) is 0 Å². The maximum Gasteiger partial charge on any atom is 0.351 e. The number of hydrogen-bond donors (Lipinski definition) is 5. The number of nitrogen functional groups attached to an aromatic ring is 1. The third kappa shape index (κ3) is 2.81. The van der Waals surface area contributed by atoms with Gasteiger partial charge >= 0.3 is 5.69 Å². The molecule has 1 aliphatic rings. The highest BCUT2D eigenvalue weighted by molar-refractivity contribution is 5.23. The fourth-order valence-corrected chi connectivity index (χ4v) is 2.11. The van der Waals surface area contributed by atoms with Gasteiger partial charge in [-0.05, 0) is 6.07 Å². The second-order valence-corrected chi connectivity index (χ2v) is 4.64. The number of aliphatic hydroxyl groups excluding tert-OH is 4. The number of hydrogen-bond acceptors (Lipinski definition) is 8. The van der Waals surface area contributed by atoms with E-state index in [1.807, 2.05) is 0 Å². The van der Waals surface area contributed by atoms with Crippen LogP contribution in [0.25, 0.3) is 0 Å². The van der Waals surface area contributed by atoms with E-state index in [4.69, 9.17) is 15.6 Å². The van der Waals surface area contributed by atoms with Gasteiger partial charge in [0.1, 0.15) is 30.4 Å². The van der Waals surface area contributed by atoms with Crippen LogP contribution in [0.4, 0.5) is 5.82 Å². The Morgan fingerprint density at radius 1 is 1.40 bits per heavy atom. The Labute approximate surface area is 113 Å². The van der Waals surface area contributed by atoms with Crippen molar-refractivity contribution in [1.29, 1.82) is 0 Å². The molecule has 0 saturated carbocycles. The van der Waals surface area contributed by atoms with Crippen LogP contribution in [0.1, 0.15) is 12.6 Å². The molecule has 0 bridgehead atoms. The van der Waals surface area contributed by atoms with E-state index < -0.39 is 42.9 Å². The number of nitrogens with zero attached hydrogens (tertiary/aromatic N) is 2. The fraction of sp³-hybridized carbons (Fsp3) is 0.636. The van der Waals surface area contributed by atoms with Crippen molar-refractivity contribution in [2.75, 3.05) is 12.3 Å². The zero-order chi connectivity index (χ0) is 14.9. The highest BCUT2D eigenvalue weighted by atomic mass is 16.5. The lowest BCUT2D eigenvalue weighted by Crippen LogP contribution is -2.44. The predicted molar refractivity (Wildman–Crippen MR) is 66.5 cm³/mol. The number of nitrogens with two attached hydrogens (primary N) is 1. The highest BCUT2D eigenvalue weighted by Crippen LogP contribution is 2.25. The van der Waals surface area contributed by atoms with Crippen LogP contribution in [0.3, 0.4) is 0 Å². The van der Waals surface area contributed by atoms with Crippen molar-refractivity contribution in [1.82, 2.24) is 9.55 Å². The summed E-state index contributed by atoms with van der Waals surface area (Å²) in [5.74, 6) is 0.0409. The maximum absolute atomic E-state index is 11.7. The number of rotatable bonds is 2. The summed E-state index contributed by atoms with van der Waals surface area (Å²) >= 11 is 0. The van der Waals surface area contributed by atoms with Crippen LogP contribution in [-0.4, -0.2) is 61.0 Å². The molecule has 112 valence electrons. The zero-order valence-electron chi connectivity index (χ0n) is 10.5. The van der Waals surface area contributed by atoms with E-state index in [2.05, 4.69) is 4.98 Å². The Bertz CT molecular complexity index is 521. The Morgan fingerprint density at radius 2 is 2.10 bits per heavy atom. The summed E-state index contributed by atoms with van der Waals surface area (Å²) in [7, 11) is 0. The summed E-state index contributed by atoms with van der Waals surface area (Å²) in [5.41, 5.74) is 4.69. The fourth-order valence-electron chi connectivity index (χ4n) is 2.11. The number of ether oxygens (including phenoxy) is 1. The zero-order valence-corrected chi connectivity index (χ0v) is 10.5. The smallest absolute Gasteiger partial charge is 0.351 e. The second kappa shape index (κ2) is 5.85. The van der Waals surface area contributed by atoms with Crippen molar-refractivity contribution in [2.45, 2.75) is 37.1 Å². The van der Waals surface area contributed by atoms with Crippen LogP contribution in [-0.2, 0) is 4.74 Å². The maximum atomic E-state index is 11.7.